The molecule has 3 aromatic carbocycles. The summed E-state index contributed by atoms with van der Waals surface area (Å²) in [5.41, 5.74) is 1.35. The van der Waals surface area contributed by atoms with E-state index in [4.69, 9.17) is 21.1 Å². The van der Waals surface area contributed by atoms with Crippen LogP contribution in [0, 0.1) is 28.6 Å². The number of allylic oxidation sites excluding steroid dienone is 1. The van der Waals surface area contributed by atoms with Crippen LogP contribution in [-0.4, -0.2) is 5.97 Å². The highest BCUT2D eigenvalue weighted by atomic mass is 35.5. The molecule has 3 unspecified atom stereocenters. The largest absolute Gasteiger partial charge is 0.457 e. The van der Waals surface area contributed by atoms with Gasteiger partial charge in [-0.1, -0.05) is 80.1 Å². The molecule has 4 rings (SSSR count). The zero-order chi connectivity index (χ0) is 23.4. The minimum absolute atomic E-state index is 0.0350. The van der Waals surface area contributed by atoms with Crippen LogP contribution in [0.15, 0.2) is 84.9 Å². The Kier molecular flexibility index (Phi) is 6.53. The Balaban J connectivity index is 1.43. The number of hydrogen-bond donors (Lipinski definition) is 0. The molecule has 0 heterocycles. The first-order valence-electron chi connectivity index (χ1n) is 10.8. The van der Waals surface area contributed by atoms with E-state index in [9.17, 15) is 10.1 Å². The normalized spacial score (nSPS) is 19.5. The highest BCUT2D eigenvalue weighted by Crippen LogP contribution is 2.60. The van der Waals surface area contributed by atoms with Gasteiger partial charge in [-0.25, -0.2) is 0 Å². The van der Waals surface area contributed by atoms with Crippen molar-refractivity contribution in [1.82, 2.24) is 0 Å². The molecule has 1 fully saturated rings. The summed E-state index contributed by atoms with van der Waals surface area (Å²) < 4.78 is 11.5. The van der Waals surface area contributed by atoms with Crippen molar-refractivity contribution in [3.05, 3.63) is 101 Å². The number of carbonyl (C=O) groups is 1. The van der Waals surface area contributed by atoms with Crippen molar-refractivity contribution in [2.75, 3.05) is 0 Å². The molecule has 3 aromatic rings. The summed E-state index contributed by atoms with van der Waals surface area (Å²) in [5, 5.41) is 10.4. The Hall–Kier alpha value is -3.55. The van der Waals surface area contributed by atoms with E-state index < -0.39 is 6.10 Å². The van der Waals surface area contributed by atoms with E-state index >= 15 is 0 Å². The van der Waals surface area contributed by atoms with Crippen LogP contribution in [0.1, 0.15) is 31.1 Å². The molecule has 0 radical (unpaired) electrons. The lowest BCUT2D eigenvalue weighted by atomic mass is 10.1. The highest BCUT2D eigenvalue weighted by molar-refractivity contribution is 6.30. The van der Waals surface area contributed by atoms with Crippen LogP contribution in [0.3, 0.4) is 0 Å². The van der Waals surface area contributed by atoms with E-state index in [0.717, 1.165) is 5.56 Å². The average molecular weight is 458 g/mol. The summed E-state index contributed by atoms with van der Waals surface area (Å²) in [6.45, 7) is 4.07. The summed E-state index contributed by atoms with van der Waals surface area (Å²) >= 11 is 5.94. The smallest absolute Gasteiger partial charge is 0.311 e. The van der Waals surface area contributed by atoms with Crippen LogP contribution in [-0.2, 0) is 9.53 Å². The van der Waals surface area contributed by atoms with Crippen LogP contribution >= 0.6 is 11.6 Å². The van der Waals surface area contributed by atoms with Crippen molar-refractivity contribution in [2.45, 2.75) is 20.0 Å². The van der Waals surface area contributed by atoms with Crippen molar-refractivity contribution in [1.29, 1.82) is 5.26 Å². The molecule has 0 aromatic heterocycles. The average Bonchev–Trinajstić information content (AvgIpc) is 3.38. The van der Waals surface area contributed by atoms with Gasteiger partial charge in [-0.05, 0) is 53.3 Å². The summed E-state index contributed by atoms with van der Waals surface area (Å²) in [6.07, 6.45) is 3.02. The first-order valence-corrected chi connectivity index (χ1v) is 11.1. The van der Waals surface area contributed by atoms with Crippen molar-refractivity contribution < 1.29 is 14.3 Å². The fourth-order valence-electron chi connectivity index (χ4n) is 4.00. The van der Waals surface area contributed by atoms with E-state index in [1.54, 1.807) is 24.3 Å². The Bertz CT molecular complexity index is 1200. The van der Waals surface area contributed by atoms with Gasteiger partial charge in [0.15, 0.2) is 0 Å². The van der Waals surface area contributed by atoms with Crippen molar-refractivity contribution in [3.63, 3.8) is 0 Å². The Morgan fingerprint density at radius 3 is 2.42 bits per heavy atom. The molecule has 1 aliphatic rings. The van der Waals surface area contributed by atoms with Gasteiger partial charge in [0.25, 0.3) is 0 Å². The summed E-state index contributed by atoms with van der Waals surface area (Å²) in [4.78, 5) is 13.0. The molecule has 3 atom stereocenters. The lowest BCUT2D eigenvalue weighted by Crippen LogP contribution is -2.14. The van der Waals surface area contributed by atoms with Gasteiger partial charge in [0, 0.05) is 10.6 Å². The molecule has 33 heavy (non-hydrogen) atoms. The third-order valence-electron chi connectivity index (χ3n) is 6.02. The number of nitriles is 1. The predicted molar refractivity (Wildman–Crippen MR) is 129 cm³/mol. The number of carbonyl (C=O) groups excluding carboxylic acids is 1. The van der Waals surface area contributed by atoms with Gasteiger partial charge in [-0.3, -0.25) is 4.79 Å². The molecule has 1 saturated carbocycles. The van der Waals surface area contributed by atoms with Crippen LogP contribution < -0.4 is 4.74 Å². The number of benzene rings is 3. The molecule has 166 valence electrons. The monoisotopic (exact) mass is 457 g/mol. The zero-order valence-corrected chi connectivity index (χ0v) is 19.2. The lowest BCUT2D eigenvalue weighted by molar-refractivity contribution is -0.149. The summed E-state index contributed by atoms with van der Waals surface area (Å²) in [6, 6.07) is 26.1. The molecule has 4 nitrogen and oxygen atoms in total. The van der Waals surface area contributed by atoms with Gasteiger partial charge in [-0.15, -0.1) is 0 Å². The minimum Gasteiger partial charge on any atom is -0.457 e. The van der Waals surface area contributed by atoms with E-state index in [1.165, 1.54) is 0 Å². The number of hydrogen-bond acceptors (Lipinski definition) is 4. The van der Waals surface area contributed by atoms with Crippen LogP contribution in [0.5, 0.6) is 11.5 Å². The second kappa shape index (κ2) is 9.52. The van der Waals surface area contributed by atoms with E-state index in [0.29, 0.717) is 22.1 Å². The number of ether oxygens (including phenoxy) is 2. The molecular weight excluding hydrogens is 434 g/mol. The molecule has 0 N–H and O–H groups in total. The molecule has 0 spiro atoms. The molecule has 0 saturated heterocycles. The highest BCUT2D eigenvalue weighted by Gasteiger charge is 2.61. The first-order chi connectivity index (χ1) is 15.9. The number of nitrogens with zero attached hydrogens (tertiary/aromatic N) is 1. The van der Waals surface area contributed by atoms with Gasteiger partial charge in [-0.2, -0.15) is 5.26 Å². The SMILES string of the molecule is CC1(C)C(/C=C/c2ccc(Cl)cc2)C1C(=O)OC(C#N)c1cccc(Oc2ccccc2)c1. The second-order valence-corrected chi connectivity index (χ2v) is 9.11. The number of rotatable bonds is 7. The van der Waals surface area contributed by atoms with Gasteiger partial charge < -0.3 is 9.47 Å². The molecular formula is C28H24ClNO3. The topological polar surface area (TPSA) is 59.3 Å². The summed E-state index contributed by atoms with van der Waals surface area (Å²) in [7, 11) is 0. The number of para-hydroxylation sites is 1. The minimum atomic E-state index is -1.01. The third-order valence-corrected chi connectivity index (χ3v) is 6.27. The van der Waals surface area contributed by atoms with Crippen molar-refractivity contribution in [2.24, 2.45) is 17.3 Å². The molecule has 0 bridgehead atoms. The molecule has 5 heteroatoms. The summed E-state index contributed by atoms with van der Waals surface area (Å²) in [5.74, 6) is 0.626. The first kappa shape index (κ1) is 22.6. The van der Waals surface area contributed by atoms with Gasteiger partial charge in [0.05, 0.1) is 5.92 Å². The quantitative estimate of drug-likeness (QED) is 0.351. The predicted octanol–water partition coefficient (Wildman–Crippen LogP) is 7.23. The van der Waals surface area contributed by atoms with Crippen molar-refractivity contribution in [3.8, 4) is 17.6 Å². The van der Waals surface area contributed by atoms with Crippen LogP contribution in [0.2, 0.25) is 5.02 Å². The zero-order valence-electron chi connectivity index (χ0n) is 18.4. The fraction of sp³-hybridized carbons (Fsp3) is 0.214. The maximum atomic E-state index is 13.0. The molecule has 1 aliphatic carbocycles. The number of halogens is 1. The Morgan fingerprint density at radius 2 is 1.73 bits per heavy atom. The third kappa shape index (κ3) is 5.27. The van der Waals surface area contributed by atoms with E-state index in [-0.39, 0.29) is 23.2 Å². The van der Waals surface area contributed by atoms with Gasteiger partial charge in [0.1, 0.15) is 17.6 Å². The van der Waals surface area contributed by atoms with Crippen molar-refractivity contribution >= 4 is 23.6 Å². The van der Waals surface area contributed by atoms with Gasteiger partial charge in [0.2, 0.25) is 6.10 Å². The maximum absolute atomic E-state index is 13.0. The molecule has 0 aliphatic heterocycles. The number of esters is 1. The second-order valence-electron chi connectivity index (χ2n) is 8.67. The standard InChI is InChI=1S/C28H24ClNO3/c1-28(2)24(16-13-19-11-14-21(29)15-12-19)26(28)27(31)33-25(18-30)20-7-6-10-23(17-20)32-22-8-4-3-5-9-22/h3-17,24-26H,1-2H3/b16-13+. The lowest BCUT2D eigenvalue weighted by Gasteiger charge is -2.13. The molecule has 0 amide bonds. The Labute approximate surface area is 199 Å². The Morgan fingerprint density at radius 1 is 1.03 bits per heavy atom. The van der Waals surface area contributed by atoms with E-state index in [2.05, 4.69) is 6.07 Å². The van der Waals surface area contributed by atoms with E-state index in [1.807, 2.05) is 80.6 Å². The fourth-order valence-corrected chi connectivity index (χ4v) is 4.13. The maximum Gasteiger partial charge on any atom is 0.311 e. The van der Waals surface area contributed by atoms with Crippen LogP contribution in [0.25, 0.3) is 6.08 Å². The van der Waals surface area contributed by atoms with Crippen LogP contribution in [0.4, 0.5) is 0 Å². The van der Waals surface area contributed by atoms with Gasteiger partial charge >= 0.3 is 5.97 Å².